The summed E-state index contributed by atoms with van der Waals surface area (Å²) in [5.74, 6) is -0.151. The van der Waals surface area contributed by atoms with Crippen molar-refractivity contribution in [1.29, 1.82) is 0 Å². The number of aryl methyl sites for hydroxylation is 1. The topological polar surface area (TPSA) is 59.3 Å². The molecule has 4 rings (SSSR count). The molecule has 1 atom stereocenters. The van der Waals surface area contributed by atoms with E-state index in [0.29, 0.717) is 5.56 Å². The first-order valence-corrected chi connectivity index (χ1v) is 9.26. The monoisotopic (exact) mass is 362 g/mol. The molecule has 1 N–H and O–H groups in total. The van der Waals surface area contributed by atoms with Gasteiger partial charge in [0.2, 0.25) is 0 Å². The molecule has 0 aliphatic rings. The van der Waals surface area contributed by atoms with Crippen LogP contribution in [0, 0.1) is 6.92 Å². The van der Waals surface area contributed by atoms with Crippen molar-refractivity contribution in [3.8, 4) is 10.4 Å². The lowest BCUT2D eigenvalue weighted by molar-refractivity contribution is 0.0938. The number of rotatable bonds is 4. The molecule has 26 heavy (non-hydrogen) atoms. The molecule has 1 unspecified atom stereocenters. The number of fused-ring (bicyclic) bond motifs is 1. The Bertz CT molecular complexity index is 1050. The third kappa shape index (κ3) is 2.88. The van der Waals surface area contributed by atoms with E-state index in [0.717, 1.165) is 27.3 Å². The number of amides is 1. The highest BCUT2D eigenvalue weighted by Gasteiger charge is 2.18. The maximum Gasteiger partial charge on any atom is 0.255 e. The van der Waals surface area contributed by atoms with Crippen LogP contribution in [0.2, 0.25) is 0 Å². The van der Waals surface area contributed by atoms with Crippen LogP contribution in [0.15, 0.2) is 60.2 Å². The van der Waals surface area contributed by atoms with Crippen molar-refractivity contribution in [2.24, 2.45) is 0 Å². The average molecular weight is 362 g/mol. The zero-order chi connectivity index (χ0) is 18.1. The quantitative estimate of drug-likeness (QED) is 0.590. The molecule has 1 amide bonds. The number of carbonyl (C=O) groups excluding carboxylic acids is 1. The van der Waals surface area contributed by atoms with E-state index < -0.39 is 0 Å². The van der Waals surface area contributed by atoms with Crippen molar-refractivity contribution in [2.75, 3.05) is 0 Å². The highest BCUT2D eigenvalue weighted by Crippen LogP contribution is 2.28. The minimum Gasteiger partial charge on any atom is -0.345 e. The van der Waals surface area contributed by atoms with E-state index in [-0.39, 0.29) is 11.9 Å². The molecule has 0 spiro atoms. The van der Waals surface area contributed by atoms with Gasteiger partial charge in [0, 0.05) is 11.1 Å². The molecule has 0 bridgehead atoms. The molecule has 0 fully saturated rings. The highest BCUT2D eigenvalue weighted by molar-refractivity contribution is 7.13. The largest absolute Gasteiger partial charge is 0.345 e. The van der Waals surface area contributed by atoms with Gasteiger partial charge in [0.1, 0.15) is 0 Å². The van der Waals surface area contributed by atoms with Crippen LogP contribution in [0.1, 0.15) is 34.6 Å². The van der Waals surface area contributed by atoms with Crippen LogP contribution in [0.3, 0.4) is 0 Å². The zero-order valence-corrected chi connectivity index (χ0v) is 15.3. The minimum atomic E-state index is -0.151. The average Bonchev–Trinajstić information content (AvgIpc) is 3.32. The summed E-state index contributed by atoms with van der Waals surface area (Å²) in [4.78, 5) is 18.4. The summed E-state index contributed by atoms with van der Waals surface area (Å²) >= 11 is 1.65. The van der Waals surface area contributed by atoms with Crippen LogP contribution in [0.4, 0.5) is 0 Å². The van der Waals surface area contributed by atoms with Gasteiger partial charge in [-0.3, -0.25) is 4.79 Å². The van der Waals surface area contributed by atoms with Crippen molar-refractivity contribution in [2.45, 2.75) is 19.9 Å². The van der Waals surface area contributed by atoms with Crippen LogP contribution in [0.5, 0.6) is 0 Å². The van der Waals surface area contributed by atoms with Gasteiger partial charge >= 0.3 is 0 Å². The zero-order valence-electron chi connectivity index (χ0n) is 14.5. The van der Waals surface area contributed by atoms with E-state index in [1.54, 1.807) is 28.2 Å². The molecule has 0 aliphatic carbocycles. The molecule has 0 radical (unpaired) electrons. The number of hydrogen-bond donors (Lipinski definition) is 1. The number of aromatic nitrogens is 3. The van der Waals surface area contributed by atoms with Crippen LogP contribution in [-0.4, -0.2) is 20.5 Å². The van der Waals surface area contributed by atoms with Crippen molar-refractivity contribution < 1.29 is 4.79 Å². The summed E-state index contributed by atoms with van der Waals surface area (Å²) in [7, 11) is 0. The van der Waals surface area contributed by atoms with Gasteiger partial charge in [-0.2, -0.15) is 5.10 Å². The fourth-order valence-electron chi connectivity index (χ4n) is 2.97. The predicted molar refractivity (Wildman–Crippen MR) is 103 cm³/mol. The summed E-state index contributed by atoms with van der Waals surface area (Å²) in [6.07, 6.45) is 3.44. The van der Waals surface area contributed by atoms with Gasteiger partial charge in [0.05, 0.1) is 29.1 Å². The predicted octanol–water partition coefficient (Wildman–Crippen LogP) is 4.26. The number of benzene rings is 1. The van der Waals surface area contributed by atoms with Gasteiger partial charge in [-0.1, -0.05) is 36.4 Å². The Morgan fingerprint density at radius 3 is 2.69 bits per heavy atom. The van der Waals surface area contributed by atoms with E-state index in [9.17, 15) is 4.79 Å². The molecule has 0 saturated carbocycles. The SMILES string of the molecule is Cc1c(C(=O)NC(C)c2ccccc2)cnc2c(-c3cccs3)cnn12. The minimum absolute atomic E-state index is 0.0851. The maximum atomic E-state index is 12.7. The second-order valence-corrected chi connectivity index (χ2v) is 7.08. The van der Waals surface area contributed by atoms with E-state index in [4.69, 9.17) is 0 Å². The third-order valence-corrected chi connectivity index (χ3v) is 5.35. The highest BCUT2D eigenvalue weighted by atomic mass is 32.1. The van der Waals surface area contributed by atoms with E-state index >= 15 is 0 Å². The van der Waals surface area contributed by atoms with Crippen molar-refractivity contribution in [1.82, 2.24) is 19.9 Å². The Hall–Kier alpha value is -2.99. The Morgan fingerprint density at radius 1 is 1.15 bits per heavy atom. The number of nitrogens with one attached hydrogen (secondary N) is 1. The molecule has 0 saturated heterocycles. The third-order valence-electron chi connectivity index (χ3n) is 4.45. The van der Waals surface area contributed by atoms with Crippen LogP contribution < -0.4 is 5.32 Å². The molecule has 5 nitrogen and oxygen atoms in total. The lowest BCUT2D eigenvalue weighted by Crippen LogP contribution is -2.28. The molecule has 1 aromatic carbocycles. The van der Waals surface area contributed by atoms with Crippen molar-refractivity contribution >= 4 is 22.9 Å². The molecular weight excluding hydrogens is 344 g/mol. The van der Waals surface area contributed by atoms with Gasteiger partial charge in [-0.05, 0) is 30.9 Å². The summed E-state index contributed by atoms with van der Waals surface area (Å²) < 4.78 is 1.73. The van der Waals surface area contributed by atoms with Crippen LogP contribution in [0.25, 0.3) is 16.1 Å². The second kappa shape index (κ2) is 6.72. The van der Waals surface area contributed by atoms with Gasteiger partial charge < -0.3 is 5.32 Å². The lowest BCUT2D eigenvalue weighted by Gasteiger charge is -2.15. The first kappa shape index (κ1) is 16.5. The summed E-state index contributed by atoms with van der Waals surface area (Å²) in [6.45, 7) is 3.86. The van der Waals surface area contributed by atoms with Crippen molar-refractivity contribution in [3.63, 3.8) is 0 Å². The fraction of sp³-hybridized carbons (Fsp3) is 0.150. The number of carbonyl (C=O) groups is 1. The first-order chi connectivity index (χ1) is 12.6. The van der Waals surface area contributed by atoms with Gasteiger partial charge in [0.15, 0.2) is 5.65 Å². The van der Waals surface area contributed by atoms with Gasteiger partial charge in [-0.25, -0.2) is 9.50 Å². The van der Waals surface area contributed by atoms with E-state index in [1.165, 1.54) is 0 Å². The molecule has 0 aliphatic heterocycles. The lowest BCUT2D eigenvalue weighted by atomic mass is 10.1. The van der Waals surface area contributed by atoms with E-state index in [2.05, 4.69) is 15.4 Å². The molecular formula is C20H18N4OS. The molecule has 3 aromatic heterocycles. The molecule has 3 heterocycles. The first-order valence-electron chi connectivity index (χ1n) is 8.38. The Labute approximate surface area is 155 Å². The number of nitrogens with zero attached hydrogens (tertiary/aromatic N) is 3. The van der Waals surface area contributed by atoms with Gasteiger partial charge in [-0.15, -0.1) is 11.3 Å². The van der Waals surface area contributed by atoms with Crippen molar-refractivity contribution in [3.05, 3.63) is 77.1 Å². The van der Waals surface area contributed by atoms with Crippen LogP contribution >= 0.6 is 11.3 Å². The standard InChI is InChI=1S/C20H18N4OS/c1-13(15-7-4-3-5-8-15)23-20(25)16-11-21-19-17(18-9-6-10-26-18)12-22-24(19)14(16)2/h3-13H,1-2H3,(H,23,25). The fourth-order valence-corrected chi connectivity index (χ4v) is 3.70. The van der Waals surface area contributed by atoms with Gasteiger partial charge in [0.25, 0.3) is 5.91 Å². The summed E-state index contributed by atoms with van der Waals surface area (Å²) in [6, 6.07) is 13.9. The molecule has 6 heteroatoms. The normalized spacial score (nSPS) is 12.2. The maximum absolute atomic E-state index is 12.7. The van der Waals surface area contributed by atoms with E-state index in [1.807, 2.05) is 61.7 Å². The Balaban J connectivity index is 1.65. The Morgan fingerprint density at radius 2 is 1.96 bits per heavy atom. The number of hydrogen-bond acceptors (Lipinski definition) is 4. The summed E-state index contributed by atoms with van der Waals surface area (Å²) in [5.41, 5.74) is 4.11. The van der Waals surface area contributed by atoms with Crippen LogP contribution in [-0.2, 0) is 0 Å². The molecule has 4 aromatic rings. The second-order valence-electron chi connectivity index (χ2n) is 6.13. The Kier molecular flexibility index (Phi) is 4.26. The number of thiophene rings is 1. The smallest absolute Gasteiger partial charge is 0.255 e. The molecule has 130 valence electrons. The summed E-state index contributed by atoms with van der Waals surface area (Å²) in [5, 5.41) is 9.50.